The highest BCUT2D eigenvalue weighted by atomic mass is 35.5. The summed E-state index contributed by atoms with van der Waals surface area (Å²) in [4.78, 5) is 15.2. The van der Waals surface area contributed by atoms with Crippen LogP contribution in [0.15, 0.2) is 42.5 Å². The minimum Gasteiger partial charge on any atom is -0.507 e. The largest absolute Gasteiger partial charge is 0.507 e. The van der Waals surface area contributed by atoms with Crippen molar-refractivity contribution in [2.75, 3.05) is 26.9 Å². The van der Waals surface area contributed by atoms with E-state index in [0.29, 0.717) is 48.2 Å². The summed E-state index contributed by atoms with van der Waals surface area (Å²) in [6.45, 7) is 3.92. The van der Waals surface area contributed by atoms with Gasteiger partial charge in [0, 0.05) is 36.4 Å². The number of benzene rings is 2. The number of hydrogen-bond acceptors (Lipinski definition) is 5. The standard InChI is InChI=1S/C26H30ClN3O4/c1-3-4-5-15-34-19-10-7-17(8-11-19)25-22-23(20-16-18(27)9-12-21(20)31)28-29-24(22)26(32)30(25)13-6-14-33-2/h7-12,16,25,31H,3-6,13-15H2,1-2H3,(H,28,29). The molecule has 0 saturated carbocycles. The molecule has 3 aromatic rings. The van der Waals surface area contributed by atoms with Crippen molar-refractivity contribution in [1.82, 2.24) is 15.1 Å². The van der Waals surface area contributed by atoms with Gasteiger partial charge in [-0.2, -0.15) is 5.10 Å². The van der Waals surface area contributed by atoms with Crippen LogP contribution in [0, 0.1) is 0 Å². The lowest BCUT2D eigenvalue weighted by atomic mass is 9.95. The van der Waals surface area contributed by atoms with Gasteiger partial charge in [-0.3, -0.25) is 9.89 Å². The Morgan fingerprint density at radius 3 is 2.65 bits per heavy atom. The molecule has 8 heteroatoms. The number of aromatic nitrogens is 2. The molecule has 0 radical (unpaired) electrons. The van der Waals surface area contributed by atoms with Gasteiger partial charge < -0.3 is 19.5 Å². The Bertz CT molecular complexity index is 1130. The molecule has 0 spiro atoms. The molecule has 0 fully saturated rings. The minimum atomic E-state index is -0.361. The predicted molar refractivity (Wildman–Crippen MR) is 132 cm³/mol. The van der Waals surface area contributed by atoms with Crippen LogP contribution >= 0.6 is 11.6 Å². The Morgan fingerprint density at radius 2 is 1.91 bits per heavy atom. The fourth-order valence-electron chi connectivity index (χ4n) is 4.34. The van der Waals surface area contributed by atoms with Crippen LogP contribution in [0.4, 0.5) is 0 Å². The van der Waals surface area contributed by atoms with E-state index in [1.807, 2.05) is 29.2 Å². The summed E-state index contributed by atoms with van der Waals surface area (Å²) in [7, 11) is 1.65. The number of rotatable bonds is 11. The van der Waals surface area contributed by atoms with E-state index in [1.54, 1.807) is 19.2 Å². The van der Waals surface area contributed by atoms with Crippen molar-refractivity contribution in [2.45, 2.75) is 38.6 Å². The molecule has 2 heterocycles. The number of H-pyrrole nitrogens is 1. The van der Waals surface area contributed by atoms with Crippen LogP contribution < -0.4 is 4.74 Å². The van der Waals surface area contributed by atoms with Gasteiger partial charge in [-0.05, 0) is 48.7 Å². The van der Waals surface area contributed by atoms with Crippen LogP contribution in [0.3, 0.4) is 0 Å². The number of hydrogen-bond donors (Lipinski definition) is 2. The van der Waals surface area contributed by atoms with E-state index in [0.717, 1.165) is 36.1 Å². The molecule has 1 aliphatic heterocycles. The normalized spacial score (nSPS) is 15.1. The van der Waals surface area contributed by atoms with Crippen LogP contribution in [0.25, 0.3) is 11.3 Å². The quantitative estimate of drug-likeness (QED) is 0.347. The van der Waals surface area contributed by atoms with Crippen LogP contribution in [-0.2, 0) is 4.74 Å². The molecule has 1 amide bonds. The molecule has 1 atom stereocenters. The number of phenols is 1. The lowest BCUT2D eigenvalue weighted by Crippen LogP contribution is -2.31. The van der Waals surface area contributed by atoms with Gasteiger partial charge in [0.1, 0.15) is 22.9 Å². The third kappa shape index (κ3) is 4.91. The van der Waals surface area contributed by atoms with Crippen molar-refractivity contribution in [1.29, 1.82) is 0 Å². The number of phenolic OH excluding ortho intramolecular Hbond substituents is 1. The second kappa shape index (κ2) is 10.9. The molecule has 0 aliphatic carbocycles. The lowest BCUT2D eigenvalue weighted by molar-refractivity contribution is 0.0723. The number of nitrogens with zero attached hydrogens (tertiary/aromatic N) is 2. The maximum atomic E-state index is 13.3. The Hall–Kier alpha value is -3.03. The fourth-order valence-corrected chi connectivity index (χ4v) is 4.52. The van der Waals surface area contributed by atoms with Crippen molar-refractivity contribution in [3.63, 3.8) is 0 Å². The zero-order valence-corrected chi connectivity index (χ0v) is 20.3. The number of amides is 1. The summed E-state index contributed by atoms with van der Waals surface area (Å²) in [5.74, 6) is 0.727. The Labute approximate surface area is 204 Å². The number of ether oxygens (including phenoxy) is 2. The van der Waals surface area contributed by atoms with E-state index in [9.17, 15) is 9.90 Å². The van der Waals surface area contributed by atoms with Gasteiger partial charge in [-0.25, -0.2) is 0 Å². The minimum absolute atomic E-state index is 0.0542. The molecule has 7 nitrogen and oxygen atoms in total. The molecule has 180 valence electrons. The predicted octanol–water partition coefficient (Wildman–Crippen LogP) is 5.59. The van der Waals surface area contributed by atoms with Crippen molar-refractivity contribution in [3.05, 3.63) is 64.3 Å². The number of halogens is 1. The van der Waals surface area contributed by atoms with E-state index in [1.165, 1.54) is 6.07 Å². The van der Waals surface area contributed by atoms with Crippen molar-refractivity contribution in [2.24, 2.45) is 0 Å². The molecule has 0 bridgehead atoms. The number of aromatic hydroxyl groups is 1. The lowest BCUT2D eigenvalue weighted by Gasteiger charge is -2.26. The summed E-state index contributed by atoms with van der Waals surface area (Å²) < 4.78 is 11.1. The molecule has 34 heavy (non-hydrogen) atoms. The summed E-state index contributed by atoms with van der Waals surface area (Å²) in [6, 6.07) is 12.3. The van der Waals surface area contributed by atoms with Gasteiger partial charge in [0.05, 0.1) is 12.6 Å². The third-order valence-electron chi connectivity index (χ3n) is 6.04. The maximum Gasteiger partial charge on any atom is 0.273 e. The van der Waals surface area contributed by atoms with Crippen LogP contribution in [-0.4, -0.2) is 53.0 Å². The number of aromatic amines is 1. The van der Waals surface area contributed by atoms with Crippen molar-refractivity contribution >= 4 is 17.5 Å². The number of carbonyl (C=O) groups is 1. The fraction of sp³-hybridized carbons (Fsp3) is 0.385. The van der Waals surface area contributed by atoms with Gasteiger partial charge >= 0.3 is 0 Å². The second-order valence-electron chi connectivity index (χ2n) is 8.39. The van der Waals surface area contributed by atoms with E-state index >= 15 is 0 Å². The van der Waals surface area contributed by atoms with Gasteiger partial charge in [0.2, 0.25) is 0 Å². The average Bonchev–Trinajstić information content (AvgIpc) is 3.38. The molecule has 1 unspecified atom stereocenters. The van der Waals surface area contributed by atoms with Crippen molar-refractivity contribution < 1.29 is 19.4 Å². The molecule has 2 N–H and O–H groups in total. The summed E-state index contributed by atoms with van der Waals surface area (Å²) in [6.07, 6.45) is 4.01. The first-order valence-electron chi connectivity index (χ1n) is 11.6. The first-order valence-corrected chi connectivity index (χ1v) is 12.0. The van der Waals surface area contributed by atoms with E-state index in [4.69, 9.17) is 21.1 Å². The molecule has 4 rings (SSSR count). The number of methoxy groups -OCH3 is 1. The number of unbranched alkanes of at least 4 members (excludes halogenated alkanes) is 2. The number of carbonyl (C=O) groups excluding carboxylic acids is 1. The first-order chi connectivity index (χ1) is 16.5. The molecule has 0 saturated heterocycles. The third-order valence-corrected chi connectivity index (χ3v) is 6.27. The van der Waals surface area contributed by atoms with Gasteiger partial charge in [-0.1, -0.05) is 43.5 Å². The SMILES string of the molecule is CCCCCOc1ccc(C2c3c(-c4cc(Cl)ccc4O)n[nH]c3C(=O)N2CCCOC)cc1. The van der Waals surface area contributed by atoms with Gasteiger partial charge in [-0.15, -0.1) is 0 Å². The van der Waals surface area contributed by atoms with E-state index < -0.39 is 0 Å². The molecular formula is C26H30ClN3O4. The first kappa shape index (κ1) is 24.1. The highest BCUT2D eigenvalue weighted by Crippen LogP contribution is 2.45. The van der Waals surface area contributed by atoms with E-state index in [2.05, 4.69) is 17.1 Å². The topological polar surface area (TPSA) is 87.7 Å². The smallest absolute Gasteiger partial charge is 0.273 e. The Balaban J connectivity index is 1.70. The molecule has 1 aromatic heterocycles. The number of fused-ring (bicyclic) bond motifs is 1. The maximum absolute atomic E-state index is 13.3. The number of nitrogens with one attached hydrogen (secondary N) is 1. The van der Waals surface area contributed by atoms with Crippen LogP contribution in [0.2, 0.25) is 5.02 Å². The highest BCUT2D eigenvalue weighted by molar-refractivity contribution is 6.31. The second-order valence-corrected chi connectivity index (χ2v) is 8.83. The summed E-state index contributed by atoms with van der Waals surface area (Å²) in [5, 5.41) is 18.3. The summed E-state index contributed by atoms with van der Waals surface area (Å²) in [5.41, 5.74) is 3.10. The molecule has 2 aromatic carbocycles. The van der Waals surface area contributed by atoms with Crippen molar-refractivity contribution in [3.8, 4) is 22.8 Å². The van der Waals surface area contributed by atoms with Crippen LogP contribution in [0.1, 0.15) is 60.3 Å². The zero-order chi connectivity index (χ0) is 24.1. The van der Waals surface area contributed by atoms with Crippen LogP contribution in [0.5, 0.6) is 11.5 Å². The Kier molecular flexibility index (Phi) is 7.75. The Morgan fingerprint density at radius 1 is 1.12 bits per heavy atom. The summed E-state index contributed by atoms with van der Waals surface area (Å²) >= 11 is 6.20. The molecular weight excluding hydrogens is 454 g/mol. The zero-order valence-electron chi connectivity index (χ0n) is 19.5. The highest BCUT2D eigenvalue weighted by Gasteiger charge is 2.42. The van der Waals surface area contributed by atoms with Gasteiger partial charge in [0.15, 0.2) is 0 Å². The van der Waals surface area contributed by atoms with Gasteiger partial charge in [0.25, 0.3) is 5.91 Å². The monoisotopic (exact) mass is 483 g/mol. The molecule has 1 aliphatic rings. The average molecular weight is 484 g/mol. The van der Waals surface area contributed by atoms with E-state index in [-0.39, 0.29) is 17.7 Å².